The van der Waals surface area contributed by atoms with E-state index in [9.17, 15) is 13.2 Å². The lowest BCUT2D eigenvalue weighted by Crippen LogP contribution is -2.33. The van der Waals surface area contributed by atoms with Crippen molar-refractivity contribution >= 4 is 0 Å². The van der Waals surface area contributed by atoms with Crippen LogP contribution in [0, 0.1) is 5.92 Å². The number of hydrogen-bond donors (Lipinski definition) is 2. The average molecular weight is 290 g/mol. The van der Waals surface area contributed by atoms with E-state index in [1.54, 1.807) is 12.1 Å². The lowest BCUT2D eigenvalue weighted by molar-refractivity contribution is -0.275. The highest BCUT2D eigenvalue weighted by Crippen LogP contribution is 2.34. The van der Waals surface area contributed by atoms with Gasteiger partial charge in [0.2, 0.25) is 0 Å². The number of nitrogens with two attached hydrogens (primary N) is 1. The first-order chi connectivity index (χ1) is 9.39. The van der Waals surface area contributed by atoms with Gasteiger partial charge in [-0.25, -0.2) is 0 Å². The quantitative estimate of drug-likeness (QED) is 0.591. The highest BCUT2D eigenvalue weighted by molar-refractivity contribution is 5.36. The van der Waals surface area contributed by atoms with E-state index in [2.05, 4.69) is 17.1 Å². The Balaban J connectivity index is 2.97. The van der Waals surface area contributed by atoms with Crippen molar-refractivity contribution in [2.75, 3.05) is 0 Å². The van der Waals surface area contributed by atoms with Crippen LogP contribution in [0.15, 0.2) is 24.3 Å². The Morgan fingerprint density at radius 1 is 1.30 bits per heavy atom. The Hall–Kier alpha value is -1.27. The molecule has 0 aliphatic carbocycles. The van der Waals surface area contributed by atoms with Crippen LogP contribution in [-0.4, -0.2) is 6.36 Å². The number of rotatable bonds is 7. The molecule has 114 valence electrons. The summed E-state index contributed by atoms with van der Waals surface area (Å²) in [6.45, 7) is 4.03. The summed E-state index contributed by atoms with van der Waals surface area (Å²) in [5.74, 6) is 5.43. The maximum atomic E-state index is 12.4. The molecule has 3 N–H and O–H groups in total. The third kappa shape index (κ3) is 5.02. The largest absolute Gasteiger partial charge is 0.573 e. The molecule has 0 spiro atoms. The molecule has 0 aromatic heterocycles. The molecule has 1 rings (SSSR count). The Kier molecular flexibility index (Phi) is 6.29. The van der Waals surface area contributed by atoms with Crippen LogP contribution in [0.5, 0.6) is 5.75 Å². The summed E-state index contributed by atoms with van der Waals surface area (Å²) in [7, 11) is 0. The first-order valence-electron chi connectivity index (χ1n) is 6.69. The van der Waals surface area contributed by atoms with Crippen molar-refractivity contribution in [2.45, 2.75) is 45.5 Å². The van der Waals surface area contributed by atoms with Crippen LogP contribution in [0.2, 0.25) is 0 Å². The van der Waals surface area contributed by atoms with Gasteiger partial charge >= 0.3 is 6.36 Å². The van der Waals surface area contributed by atoms with Crippen molar-refractivity contribution in [1.29, 1.82) is 0 Å². The second-order valence-electron chi connectivity index (χ2n) is 4.85. The van der Waals surface area contributed by atoms with Crippen molar-refractivity contribution < 1.29 is 17.9 Å². The van der Waals surface area contributed by atoms with Gasteiger partial charge in [0.05, 0.1) is 6.04 Å². The van der Waals surface area contributed by atoms with Gasteiger partial charge in [0.25, 0.3) is 0 Å². The molecule has 0 aliphatic heterocycles. The van der Waals surface area contributed by atoms with E-state index < -0.39 is 6.36 Å². The number of para-hydroxylation sites is 1. The maximum absolute atomic E-state index is 12.4. The standard InChI is InChI=1S/C14H21F3N2O/c1-3-4-7-10(2)13(19-18)11-8-5-6-9-12(11)20-14(15,16)17/h5-6,8-10,13,19H,3-4,7,18H2,1-2H3. The highest BCUT2D eigenvalue weighted by atomic mass is 19.4. The van der Waals surface area contributed by atoms with Crippen molar-refractivity contribution in [1.82, 2.24) is 5.43 Å². The number of ether oxygens (including phenoxy) is 1. The summed E-state index contributed by atoms with van der Waals surface area (Å²) in [5.41, 5.74) is 3.03. The van der Waals surface area contributed by atoms with Gasteiger partial charge in [0, 0.05) is 5.56 Å². The molecule has 0 fully saturated rings. The number of nitrogens with one attached hydrogen (secondary N) is 1. The molecule has 0 heterocycles. The average Bonchev–Trinajstić information content (AvgIpc) is 2.37. The molecule has 2 atom stereocenters. The van der Waals surface area contributed by atoms with Crippen molar-refractivity contribution in [3.05, 3.63) is 29.8 Å². The third-order valence-electron chi connectivity index (χ3n) is 3.24. The summed E-state index contributed by atoms with van der Waals surface area (Å²) in [6, 6.07) is 5.72. The Morgan fingerprint density at radius 2 is 1.95 bits per heavy atom. The Morgan fingerprint density at radius 3 is 2.50 bits per heavy atom. The minimum Gasteiger partial charge on any atom is -0.405 e. The molecule has 0 amide bonds. The molecular formula is C14H21F3N2O. The monoisotopic (exact) mass is 290 g/mol. The molecule has 0 saturated heterocycles. The fourth-order valence-corrected chi connectivity index (χ4v) is 2.21. The number of unbranched alkanes of at least 4 members (excludes halogenated alkanes) is 1. The second kappa shape index (κ2) is 7.50. The fourth-order valence-electron chi connectivity index (χ4n) is 2.21. The molecule has 0 aliphatic rings. The minimum absolute atomic E-state index is 0.109. The van der Waals surface area contributed by atoms with Crippen LogP contribution in [0.4, 0.5) is 13.2 Å². The molecule has 0 saturated carbocycles. The number of hydrogen-bond acceptors (Lipinski definition) is 3. The van der Waals surface area contributed by atoms with Crippen LogP contribution < -0.4 is 16.0 Å². The minimum atomic E-state index is -4.71. The summed E-state index contributed by atoms with van der Waals surface area (Å²) in [6.07, 6.45) is -1.79. The zero-order chi connectivity index (χ0) is 15.2. The molecule has 0 radical (unpaired) electrons. The molecule has 1 aromatic rings. The van der Waals surface area contributed by atoms with Gasteiger partial charge in [-0.05, 0) is 18.4 Å². The van der Waals surface area contributed by atoms with Crippen LogP contribution in [0.25, 0.3) is 0 Å². The second-order valence-corrected chi connectivity index (χ2v) is 4.85. The van der Waals surface area contributed by atoms with Gasteiger partial charge in [0.1, 0.15) is 5.75 Å². The van der Waals surface area contributed by atoms with Crippen LogP contribution in [0.1, 0.15) is 44.7 Å². The third-order valence-corrected chi connectivity index (χ3v) is 3.24. The van der Waals surface area contributed by atoms with E-state index in [-0.39, 0.29) is 17.7 Å². The molecular weight excluding hydrogens is 269 g/mol. The Labute approximate surface area is 117 Å². The molecule has 1 aromatic carbocycles. The number of hydrazine groups is 1. The van der Waals surface area contributed by atoms with Gasteiger partial charge in [-0.15, -0.1) is 13.2 Å². The zero-order valence-corrected chi connectivity index (χ0v) is 11.7. The Bertz CT molecular complexity index is 410. The van der Waals surface area contributed by atoms with Crippen molar-refractivity contribution in [2.24, 2.45) is 11.8 Å². The summed E-state index contributed by atoms with van der Waals surface area (Å²) >= 11 is 0. The van der Waals surface area contributed by atoms with Gasteiger partial charge in [-0.2, -0.15) is 0 Å². The zero-order valence-electron chi connectivity index (χ0n) is 11.7. The molecule has 3 nitrogen and oxygen atoms in total. The van der Waals surface area contributed by atoms with E-state index >= 15 is 0 Å². The van der Waals surface area contributed by atoms with E-state index in [4.69, 9.17) is 5.84 Å². The maximum Gasteiger partial charge on any atom is 0.573 e. The summed E-state index contributed by atoms with van der Waals surface area (Å²) < 4.78 is 41.3. The van der Waals surface area contributed by atoms with E-state index in [0.29, 0.717) is 5.56 Å². The van der Waals surface area contributed by atoms with E-state index in [1.165, 1.54) is 12.1 Å². The number of alkyl halides is 3. The van der Waals surface area contributed by atoms with Crippen LogP contribution in [-0.2, 0) is 0 Å². The number of benzene rings is 1. The van der Waals surface area contributed by atoms with Gasteiger partial charge in [0.15, 0.2) is 0 Å². The molecule has 2 unspecified atom stereocenters. The molecule has 6 heteroatoms. The number of halogens is 3. The highest BCUT2D eigenvalue weighted by Gasteiger charge is 2.33. The fraction of sp³-hybridized carbons (Fsp3) is 0.571. The predicted octanol–water partition coefficient (Wildman–Crippen LogP) is 3.92. The van der Waals surface area contributed by atoms with E-state index in [0.717, 1.165) is 19.3 Å². The van der Waals surface area contributed by atoms with Gasteiger partial charge < -0.3 is 4.74 Å². The van der Waals surface area contributed by atoms with Crippen LogP contribution >= 0.6 is 0 Å². The van der Waals surface area contributed by atoms with E-state index in [1.807, 2.05) is 6.92 Å². The lowest BCUT2D eigenvalue weighted by Gasteiger charge is -2.25. The van der Waals surface area contributed by atoms with Crippen molar-refractivity contribution in [3.63, 3.8) is 0 Å². The summed E-state index contributed by atoms with van der Waals surface area (Å²) in [5, 5.41) is 0. The summed E-state index contributed by atoms with van der Waals surface area (Å²) in [4.78, 5) is 0. The smallest absolute Gasteiger partial charge is 0.405 e. The van der Waals surface area contributed by atoms with Gasteiger partial charge in [-0.3, -0.25) is 11.3 Å². The normalized spacial score (nSPS) is 14.9. The van der Waals surface area contributed by atoms with Crippen LogP contribution in [0.3, 0.4) is 0 Å². The topological polar surface area (TPSA) is 47.3 Å². The SMILES string of the molecule is CCCCC(C)C(NN)c1ccccc1OC(F)(F)F. The molecule has 0 bridgehead atoms. The van der Waals surface area contributed by atoms with Crippen molar-refractivity contribution in [3.8, 4) is 5.75 Å². The predicted molar refractivity (Wildman–Crippen MR) is 71.9 cm³/mol. The first-order valence-corrected chi connectivity index (χ1v) is 6.69. The van der Waals surface area contributed by atoms with Gasteiger partial charge in [-0.1, -0.05) is 44.9 Å². The lowest BCUT2D eigenvalue weighted by atomic mass is 9.90. The first kappa shape index (κ1) is 16.8. The molecule has 20 heavy (non-hydrogen) atoms.